The number of para-hydroxylation sites is 1. The second-order valence-corrected chi connectivity index (χ2v) is 15.8. The Morgan fingerprint density at radius 3 is 2.32 bits per heavy atom. The third-order valence-corrected chi connectivity index (χ3v) is 12.6. The Labute approximate surface area is 354 Å². The molecule has 2 aromatic heterocycles. The van der Waals surface area contributed by atoms with Crippen molar-refractivity contribution in [2.45, 2.75) is 57.2 Å². The molecule has 3 aliphatic rings. The molecule has 2 aliphatic heterocycles. The van der Waals surface area contributed by atoms with Crippen LogP contribution < -0.4 is 36.6 Å². The number of methoxy groups -OCH3 is 2. The molecule has 0 spiro atoms. The monoisotopic (exact) mass is 839 g/mol. The number of benzene rings is 4. The van der Waals surface area contributed by atoms with E-state index in [2.05, 4.69) is 10.4 Å². The maximum Gasteiger partial charge on any atom is 0.347 e. The predicted molar refractivity (Wildman–Crippen MR) is 229 cm³/mol. The largest absolute Gasteiger partial charge is 0.504 e. The van der Waals surface area contributed by atoms with Gasteiger partial charge in [0.25, 0.3) is 17.4 Å². The summed E-state index contributed by atoms with van der Waals surface area (Å²) >= 11 is 0. The molecular formula is C46H45N7O9. The summed E-state index contributed by atoms with van der Waals surface area (Å²) in [7, 11) is 4.60. The number of phenolic OH excluding ortho intramolecular Hbond substituents is 1. The van der Waals surface area contributed by atoms with E-state index >= 15 is 4.79 Å². The molecule has 16 nitrogen and oxygen atoms in total. The number of anilines is 1. The van der Waals surface area contributed by atoms with Crippen LogP contribution in [0.3, 0.4) is 0 Å². The van der Waals surface area contributed by atoms with Crippen LogP contribution >= 0.6 is 0 Å². The maximum atomic E-state index is 15.4. The molecule has 62 heavy (non-hydrogen) atoms. The minimum atomic E-state index is -1.61. The highest BCUT2D eigenvalue weighted by Gasteiger charge is 2.69. The quantitative estimate of drug-likeness (QED) is 0.140. The van der Waals surface area contributed by atoms with E-state index in [0.29, 0.717) is 44.9 Å². The summed E-state index contributed by atoms with van der Waals surface area (Å²) in [4.78, 5) is 77.6. The number of aromatic hydroxyl groups is 1. The van der Waals surface area contributed by atoms with E-state index in [4.69, 9.17) is 14.2 Å². The van der Waals surface area contributed by atoms with Gasteiger partial charge in [0, 0.05) is 43.6 Å². The molecule has 4 unspecified atom stereocenters. The molecule has 1 saturated carbocycles. The van der Waals surface area contributed by atoms with Crippen LogP contribution in [0.4, 0.5) is 5.69 Å². The van der Waals surface area contributed by atoms with Crippen molar-refractivity contribution in [2.75, 3.05) is 26.3 Å². The van der Waals surface area contributed by atoms with Crippen molar-refractivity contribution in [1.29, 1.82) is 0 Å². The lowest BCUT2D eigenvalue weighted by molar-refractivity contribution is -0.138. The number of nitrogens with zero attached hydrogens (tertiary/aromatic N) is 6. The van der Waals surface area contributed by atoms with Crippen molar-refractivity contribution in [1.82, 2.24) is 28.5 Å². The van der Waals surface area contributed by atoms with Gasteiger partial charge in [-0.05, 0) is 49.6 Å². The van der Waals surface area contributed by atoms with Gasteiger partial charge in [-0.3, -0.25) is 19.8 Å². The summed E-state index contributed by atoms with van der Waals surface area (Å²) in [6, 6.07) is 23.8. The zero-order valence-electron chi connectivity index (χ0n) is 34.8. The van der Waals surface area contributed by atoms with Crippen LogP contribution in [0.25, 0.3) is 11.0 Å². The number of fused-ring (bicyclic) bond motifs is 5. The molecule has 2 fully saturated rings. The summed E-state index contributed by atoms with van der Waals surface area (Å²) < 4.78 is 21.9. The summed E-state index contributed by atoms with van der Waals surface area (Å²) in [5.41, 5.74) is 3.89. The first-order chi connectivity index (χ1) is 29.9. The fourth-order valence-corrected chi connectivity index (χ4v) is 9.73. The van der Waals surface area contributed by atoms with Gasteiger partial charge in [-0.1, -0.05) is 66.2 Å². The van der Waals surface area contributed by atoms with Gasteiger partial charge >= 0.3 is 11.4 Å². The summed E-state index contributed by atoms with van der Waals surface area (Å²) in [6.07, 6.45) is 1.75. The zero-order chi connectivity index (χ0) is 43.6. The Balaban J connectivity index is 1.18. The molecule has 6 aromatic rings. The average molecular weight is 840 g/mol. The van der Waals surface area contributed by atoms with E-state index in [1.165, 1.54) is 28.2 Å². The number of hydrazine groups is 1. The van der Waals surface area contributed by atoms with Gasteiger partial charge in [0.05, 0.1) is 61.5 Å². The van der Waals surface area contributed by atoms with Gasteiger partial charge in [-0.25, -0.2) is 28.5 Å². The van der Waals surface area contributed by atoms with E-state index in [-0.39, 0.29) is 49.7 Å². The highest BCUT2D eigenvalue weighted by molar-refractivity contribution is 6.12. The SMILES string of the molecule is CCOc1cccc(C2C3=CCn4c(=O)n(CCc5nc6cc(OC)c(OC)cc6n(C)c5=O)c(=O)n4C3CC3C(=O)N(Nc4ccc(C)cc4)C(=O)C32c2ccccc2)c1O. The standard InChI is InChI=1S/C46H45N7O9/c1-6-62-36-14-10-13-30(40(36)54)39-29-19-22-51-44(58)50(21-20-32-42(56)49(3)35-25-38(61-5)37(60-4)24-33(35)47-32)45(59)53(51)34(29)23-31-41(55)52(48-28-17-15-26(2)16-18-28)43(57)46(31,39)27-11-8-7-9-12-27/h7-19,24-25,31,34,39,48,54H,6,20-23H2,1-5H3. The summed E-state index contributed by atoms with van der Waals surface area (Å²) in [5.74, 6) is -2.29. The fraction of sp³-hybridized carbons (Fsp3) is 0.304. The molecule has 9 rings (SSSR count). The van der Waals surface area contributed by atoms with Crippen LogP contribution in [0, 0.1) is 12.8 Å². The Bertz CT molecular complexity index is 3000. The van der Waals surface area contributed by atoms with E-state index in [1.807, 2.05) is 43.3 Å². The summed E-state index contributed by atoms with van der Waals surface area (Å²) in [5, 5.41) is 13.1. The van der Waals surface area contributed by atoms with Gasteiger partial charge in [0.1, 0.15) is 5.69 Å². The van der Waals surface area contributed by atoms with Gasteiger partial charge in [-0.2, -0.15) is 5.01 Å². The predicted octanol–water partition coefficient (Wildman–Crippen LogP) is 4.35. The number of rotatable bonds is 11. The second-order valence-electron chi connectivity index (χ2n) is 15.8. The van der Waals surface area contributed by atoms with Crippen LogP contribution in [-0.4, -0.2) is 66.2 Å². The fourth-order valence-electron chi connectivity index (χ4n) is 9.73. The van der Waals surface area contributed by atoms with E-state index in [1.54, 1.807) is 68.6 Å². The third kappa shape index (κ3) is 5.95. The number of carbonyl (C=O) groups excluding carboxylic acids is 2. The molecule has 4 heterocycles. The van der Waals surface area contributed by atoms with Crippen molar-refractivity contribution >= 4 is 28.5 Å². The zero-order valence-corrected chi connectivity index (χ0v) is 34.8. The molecule has 0 bridgehead atoms. The molecule has 2 N–H and O–H groups in total. The number of hydrogen-bond acceptors (Lipinski definition) is 11. The van der Waals surface area contributed by atoms with Gasteiger partial charge in [0.2, 0.25) is 0 Å². The highest BCUT2D eigenvalue weighted by Crippen LogP contribution is 2.63. The number of hydrogen-bond donors (Lipinski definition) is 2. The molecule has 16 heteroatoms. The average Bonchev–Trinajstić information content (AvgIpc) is 3.65. The lowest BCUT2D eigenvalue weighted by Crippen LogP contribution is -2.53. The number of aryl methyl sites for hydroxylation is 3. The first-order valence-electron chi connectivity index (χ1n) is 20.4. The van der Waals surface area contributed by atoms with E-state index < -0.39 is 52.0 Å². The lowest BCUT2D eigenvalue weighted by atomic mass is 9.53. The molecule has 0 radical (unpaired) electrons. The van der Waals surface area contributed by atoms with Crippen molar-refractivity contribution < 1.29 is 28.9 Å². The number of imide groups is 1. The van der Waals surface area contributed by atoms with Crippen molar-refractivity contribution in [3.63, 3.8) is 0 Å². The van der Waals surface area contributed by atoms with Crippen LogP contribution in [-0.2, 0) is 41.6 Å². The number of aromatic nitrogens is 5. The maximum absolute atomic E-state index is 15.4. The number of amides is 2. The highest BCUT2D eigenvalue weighted by atomic mass is 16.5. The Morgan fingerprint density at radius 2 is 1.61 bits per heavy atom. The normalized spacial score (nSPS) is 20.4. The molecular weight excluding hydrogens is 795 g/mol. The van der Waals surface area contributed by atoms with Crippen LogP contribution in [0.1, 0.15) is 47.7 Å². The van der Waals surface area contributed by atoms with Gasteiger partial charge in [-0.15, -0.1) is 0 Å². The number of phenols is 1. The Morgan fingerprint density at radius 1 is 0.887 bits per heavy atom. The second kappa shape index (κ2) is 15.3. The van der Waals surface area contributed by atoms with Crippen LogP contribution in [0.15, 0.2) is 111 Å². The molecule has 1 saturated heterocycles. The number of nitrogens with one attached hydrogen (secondary N) is 1. The number of allylic oxidation sites excluding steroid dienone is 2. The molecule has 2 amide bonds. The molecule has 4 atom stereocenters. The minimum Gasteiger partial charge on any atom is -0.504 e. The van der Waals surface area contributed by atoms with E-state index in [0.717, 1.165) is 15.1 Å². The van der Waals surface area contributed by atoms with Crippen molar-refractivity contribution in [3.8, 4) is 23.0 Å². The van der Waals surface area contributed by atoms with Crippen LogP contribution in [0.2, 0.25) is 0 Å². The van der Waals surface area contributed by atoms with Gasteiger partial charge in [0.15, 0.2) is 23.0 Å². The topological polar surface area (TPSA) is 181 Å². The Hall–Kier alpha value is -7.36. The smallest absolute Gasteiger partial charge is 0.347 e. The van der Waals surface area contributed by atoms with Crippen molar-refractivity contribution in [2.24, 2.45) is 13.0 Å². The molecule has 4 aromatic carbocycles. The van der Waals surface area contributed by atoms with Crippen molar-refractivity contribution in [3.05, 3.63) is 150 Å². The van der Waals surface area contributed by atoms with Crippen LogP contribution in [0.5, 0.6) is 23.0 Å². The first kappa shape index (κ1) is 40.1. The van der Waals surface area contributed by atoms with Gasteiger partial charge < -0.3 is 23.9 Å². The molecule has 318 valence electrons. The van der Waals surface area contributed by atoms with E-state index in [9.17, 15) is 24.3 Å². The minimum absolute atomic E-state index is 0.0266. The Kier molecular flexibility index (Phi) is 9.87. The molecule has 1 aliphatic carbocycles. The number of ether oxygens (including phenoxy) is 3. The summed E-state index contributed by atoms with van der Waals surface area (Å²) in [6.45, 7) is 3.77. The first-order valence-corrected chi connectivity index (χ1v) is 20.4. The third-order valence-electron chi connectivity index (χ3n) is 12.6. The number of carbonyl (C=O) groups is 2. The lowest BCUT2D eigenvalue weighted by Gasteiger charge is -2.49.